The van der Waals surface area contributed by atoms with Crippen molar-refractivity contribution in [3.05, 3.63) is 0 Å². The van der Waals surface area contributed by atoms with Gasteiger partial charge in [0.15, 0.2) is 0 Å². The zero-order valence-electron chi connectivity index (χ0n) is 8.04. The number of ether oxygens (including phenoxy) is 1. The summed E-state index contributed by atoms with van der Waals surface area (Å²) in [5, 5.41) is 0.393. The van der Waals surface area contributed by atoms with Gasteiger partial charge in [0.25, 0.3) is 0 Å². The van der Waals surface area contributed by atoms with Gasteiger partial charge >= 0.3 is 0 Å². The molecule has 1 nitrogen and oxygen atoms in total. The van der Waals surface area contributed by atoms with E-state index in [1.165, 1.54) is 25.0 Å². The molecule has 0 aromatic rings. The third-order valence-corrected chi connectivity index (χ3v) is 4.96. The summed E-state index contributed by atoms with van der Waals surface area (Å²) in [5.41, 5.74) is 0. The molecular weight excluding hydrogens is 204 g/mol. The lowest BCUT2D eigenvalue weighted by Gasteiger charge is -2.17. The lowest BCUT2D eigenvalue weighted by molar-refractivity contribution is 0.0432. The number of rotatable bonds is 2. The molecule has 0 saturated carbocycles. The molecule has 0 aliphatic carbocycles. The molecule has 0 bridgehead atoms. The van der Waals surface area contributed by atoms with Crippen LogP contribution in [0.2, 0.25) is 0 Å². The predicted octanol–water partition coefficient (Wildman–Crippen LogP) is 2.91. The van der Waals surface area contributed by atoms with Crippen molar-refractivity contribution in [2.75, 3.05) is 11.5 Å². The summed E-state index contributed by atoms with van der Waals surface area (Å²) >= 11 is 8.20. The van der Waals surface area contributed by atoms with E-state index in [1.807, 2.05) is 11.8 Å². The second-order valence-corrected chi connectivity index (χ2v) is 5.83. The molecule has 2 rings (SSSR count). The minimum absolute atomic E-state index is 0.393. The normalized spacial score (nSPS) is 45.7. The number of halogens is 1. The zero-order valence-corrected chi connectivity index (χ0v) is 9.61. The SMILES string of the molecule is CC1CCC(CC2CSCC2Cl)O1. The fourth-order valence-electron chi connectivity index (χ4n) is 2.18. The van der Waals surface area contributed by atoms with Crippen molar-refractivity contribution in [2.24, 2.45) is 5.92 Å². The van der Waals surface area contributed by atoms with Crippen LogP contribution in [-0.4, -0.2) is 29.1 Å². The number of hydrogen-bond acceptors (Lipinski definition) is 2. The fraction of sp³-hybridized carbons (Fsp3) is 1.00. The van der Waals surface area contributed by atoms with E-state index in [-0.39, 0.29) is 0 Å². The summed E-state index contributed by atoms with van der Waals surface area (Å²) in [6.45, 7) is 2.17. The summed E-state index contributed by atoms with van der Waals surface area (Å²) in [6, 6.07) is 0. The van der Waals surface area contributed by atoms with Crippen LogP contribution in [0.1, 0.15) is 26.2 Å². The van der Waals surface area contributed by atoms with E-state index in [1.54, 1.807) is 0 Å². The van der Waals surface area contributed by atoms with Crippen LogP contribution >= 0.6 is 23.4 Å². The first-order valence-electron chi connectivity index (χ1n) is 5.13. The van der Waals surface area contributed by atoms with Gasteiger partial charge in [0.2, 0.25) is 0 Å². The van der Waals surface area contributed by atoms with Gasteiger partial charge in [-0.15, -0.1) is 11.6 Å². The van der Waals surface area contributed by atoms with Crippen LogP contribution in [0, 0.1) is 5.92 Å². The zero-order chi connectivity index (χ0) is 9.26. The second-order valence-electron chi connectivity index (χ2n) is 4.20. The van der Waals surface area contributed by atoms with Crippen molar-refractivity contribution >= 4 is 23.4 Å². The Kier molecular flexibility index (Phi) is 3.44. The van der Waals surface area contributed by atoms with Crippen LogP contribution in [0.3, 0.4) is 0 Å². The average Bonchev–Trinajstić information content (AvgIpc) is 2.64. The summed E-state index contributed by atoms with van der Waals surface area (Å²) in [5.74, 6) is 3.07. The number of hydrogen-bond donors (Lipinski definition) is 0. The minimum atomic E-state index is 0.393. The van der Waals surface area contributed by atoms with Crippen LogP contribution in [0.5, 0.6) is 0 Å². The summed E-state index contributed by atoms with van der Waals surface area (Å²) in [4.78, 5) is 0. The molecule has 76 valence electrons. The molecule has 0 N–H and O–H groups in total. The predicted molar refractivity (Wildman–Crippen MR) is 58.6 cm³/mol. The first kappa shape index (κ1) is 10.1. The van der Waals surface area contributed by atoms with E-state index in [4.69, 9.17) is 16.3 Å². The Hall–Kier alpha value is 0.600. The van der Waals surface area contributed by atoms with Gasteiger partial charge in [-0.25, -0.2) is 0 Å². The molecule has 2 saturated heterocycles. The standard InChI is InChI=1S/C10H17ClOS/c1-7-2-3-9(12-7)4-8-5-13-6-10(8)11/h7-10H,2-6H2,1H3. The van der Waals surface area contributed by atoms with E-state index >= 15 is 0 Å². The van der Waals surface area contributed by atoms with Gasteiger partial charge in [-0.05, 0) is 37.9 Å². The third kappa shape index (κ3) is 2.54. The van der Waals surface area contributed by atoms with Gasteiger partial charge in [0.05, 0.1) is 12.2 Å². The third-order valence-electron chi connectivity index (χ3n) is 3.01. The van der Waals surface area contributed by atoms with Crippen molar-refractivity contribution < 1.29 is 4.74 Å². The molecule has 2 fully saturated rings. The van der Waals surface area contributed by atoms with Crippen molar-refractivity contribution in [1.29, 1.82) is 0 Å². The molecule has 2 heterocycles. The second kappa shape index (κ2) is 4.41. The number of thioether (sulfide) groups is 1. The van der Waals surface area contributed by atoms with Crippen molar-refractivity contribution in [2.45, 2.75) is 43.8 Å². The summed E-state index contributed by atoms with van der Waals surface area (Å²) in [7, 11) is 0. The van der Waals surface area contributed by atoms with Crippen LogP contribution in [0.4, 0.5) is 0 Å². The highest BCUT2D eigenvalue weighted by molar-refractivity contribution is 7.99. The smallest absolute Gasteiger partial charge is 0.0583 e. The summed E-state index contributed by atoms with van der Waals surface area (Å²) in [6.07, 6.45) is 4.64. The molecule has 13 heavy (non-hydrogen) atoms. The average molecular weight is 221 g/mol. The van der Waals surface area contributed by atoms with Gasteiger partial charge < -0.3 is 4.74 Å². The molecule has 2 aliphatic rings. The molecular formula is C10H17ClOS. The van der Waals surface area contributed by atoms with Crippen molar-refractivity contribution in [3.63, 3.8) is 0 Å². The topological polar surface area (TPSA) is 9.23 Å². The Morgan fingerprint density at radius 3 is 2.77 bits per heavy atom. The lowest BCUT2D eigenvalue weighted by Crippen LogP contribution is -2.20. The number of alkyl halides is 1. The van der Waals surface area contributed by atoms with Gasteiger partial charge in [-0.3, -0.25) is 0 Å². The molecule has 0 amide bonds. The van der Waals surface area contributed by atoms with Gasteiger partial charge in [0.1, 0.15) is 0 Å². The fourth-order valence-corrected chi connectivity index (χ4v) is 4.05. The van der Waals surface area contributed by atoms with Gasteiger partial charge in [-0.2, -0.15) is 11.8 Å². The monoisotopic (exact) mass is 220 g/mol. The maximum Gasteiger partial charge on any atom is 0.0583 e. The maximum absolute atomic E-state index is 6.22. The molecule has 0 aromatic heterocycles. The molecule has 0 aromatic carbocycles. The van der Waals surface area contributed by atoms with Gasteiger partial charge in [0, 0.05) is 11.1 Å². The first-order chi connectivity index (χ1) is 6.25. The van der Waals surface area contributed by atoms with E-state index in [9.17, 15) is 0 Å². The van der Waals surface area contributed by atoms with E-state index in [0.717, 1.165) is 5.75 Å². The Bertz CT molecular complexity index is 176. The molecule has 4 atom stereocenters. The maximum atomic E-state index is 6.22. The van der Waals surface area contributed by atoms with Crippen LogP contribution in [0.25, 0.3) is 0 Å². The molecule has 3 heteroatoms. The molecule has 2 aliphatic heterocycles. The molecule has 4 unspecified atom stereocenters. The molecule has 0 spiro atoms. The highest BCUT2D eigenvalue weighted by Gasteiger charge is 2.31. The van der Waals surface area contributed by atoms with Crippen LogP contribution < -0.4 is 0 Å². The largest absolute Gasteiger partial charge is 0.375 e. The Morgan fingerprint density at radius 1 is 1.38 bits per heavy atom. The first-order valence-corrected chi connectivity index (χ1v) is 6.72. The lowest BCUT2D eigenvalue weighted by atomic mass is 9.99. The quantitative estimate of drug-likeness (QED) is 0.662. The Morgan fingerprint density at radius 2 is 2.23 bits per heavy atom. The van der Waals surface area contributed by atoms with E-state index in [2.05, 4.69) is 6.92 Å². The summed E-state index contributed by atoms with van der Waals surface area (Å²) < 4.78 is 5.80. The molecule has 0 radical (unpaired) electrons. The van der Waals surface area contributed by atoms with Crippen molar-refractivity contribution in [1.82, 2.24) is 0 Å². The van der Waals surface area contributed by atoms with E-state index < -0.39 is 0 Å². The Labute approximate surface area is 89.6 Å². The van der Waals surface area contributed by atoms with Crippen LogP contribution in [0.15, 0.2) is 0 Å². The van der Waals surface area contributed by atoms with Gasteiger partial charge in [-0.1, -0.05) is 0 Å². The highest BCUT2D eigenvalue weighted by Crippen LogP contribution is 2.34. The van der Waals surface area contributed by atoms with E-state index in [0.29, 0.717) is 23.5 Å². The highest BCUT2D eigenvalue weighted by atomic mass is 35.5. The van der Waals surface area contributed by atoms with Crippen LogP contribution in [-0.2, 0) is 4.74 Å². The van der Waals surface area contributed by atoms with Crippen molar-refractivity contribution in [3.8, 4) is 0 Å². The Balaban J connectivity index is 1.77. The minimum Gasteiger partial charge on any atom is -0.375 e.